The van der Waals surface area contributed by atoms with Crippen molar-refractivity contribution in [3.8, 4) is 5.69 Å². The Labute approximate surface area is 172 Å². The third-order valence-electron chi connectivity index (χ3n) is 4.29. The van der Waals surface area contributed by atoms with Crippen molar-refractivity contribution in [3.63, 3.8) is 0 Å². The SMILES string of the molecule is Cc1ccc(-n2nc(S[C@@H](C)C(=O)Nc3ccc(Cl)cc3)ccc2=O)cc1C. The summed E-state index contributed by atoms with van der Waals surface area (Å²) in [5, 5.41) is 8.08. The van der Waals surface area contributed by atoms with E-state index in [1.807, 2.05) is 32.0 Å². The van der Waals surface area contributed by atoms with Gasteiger partial charge in [0.05, 0.1) is 10.9 Å². The van der Waals surface area contributed by atoms with E-state index in [1.165, 1.54) is 22.5 Å². The lowest BCUT2D eigenvalue weighted by Crippen LogP contribution is -2.24. The van der Waals surface area contributed by atoms with Gasteiger partial charge in [-0.25, -0.2) is 0 Å². The van der Waals surface area contributed by atoms with Crippen molar-refractivity contribution in [1.82, 2.24) is 9.78 Å². The van der Waals surface area contributed by atoms with Crippen LogP contribution in [-0.4, -0.2) is 20.9 Å². The van der Waals surface area contributed by atoms with E-state index in [0.29, 0.717) is 21.4 Å². The minimum atomic E-state index is -0.395. The normalized spacial score (nSPS) is 11.9. The Morgan fingerprint density at radius 3 is 2.46 bits per heavy atom. The van der Waals surface area contributed by atoms with Crippen LogP contribution in [-0.2, 0) is 4.79 Å². The number of nitrogens with one attached hydrogen (secondary N) is 1. The quantitative estimate of drug-likeness (QED) is 0.620. The summed E-state index contributed by atoms with van der Waals surface area (Å²) in [7, 11) is 0. The van der Waals surface area contributed by atoms with Gasteiger partial charge in [-0.15, -0.1) is 0 Å². The van der Waals surface area contributed by atoms with Gasteiger partial charge in [0, 0.05) is 16.8 Å². The molecule has 7 heteroatoms. The van der Waals surface area contributed by atoms with Crippen molar-refractivity contribution in [2.75, 3.05) is 5.32 Å². The molecule has 0 radical (unpaired) electrons. The van der Waals surface area contributed by atoms with Gasteiger partial charge in [0.15, 0.2) is 0 Å². The fourth-order valence-corrected chi connectivity index (χ4v) is 3.44. The Kier molecular flexibility index (Phi) is 6.21. The second kappa shape index (κ2) is 8.63. The first-order chi connectivity index (χ1) is 13.3. The van der Waals surface area contributed by atoms with Gasteiger partial charge in [0.1, 0.15) is 5.03 Å². The van der Waals surface area contributed by atoms with E-state index in [-0.39, 0.29) is 11.5 Å². The summed E-state index contributed by atoms with van der Waals surface area (Å²) >= 11 is 7.15. The van der Waals surface area contributed by atoms with E-state index in [1.54, 1.807) is 37.3 Å². The minimum absolute atomic E-state index is 0.155. The average molecular weight is 414 g/mol. The van der Waals surface area contributed by atoms with Crippen LogP contribution >= 0.6 is 23.4 Å². The van der Waals surface area contributed by atoms with Gasteiger partial charge in [-0.2, -0.15) is 9.78 Å². The second-order valence-corrected chi connectivity index (χ2v) is 8.24. The van der Waals surface area contributed by atoms with Crippen LogP contribution < -0.4 is 10.9 Å². The predicted octanol–water partition coefficient (Wildman–Crippen LogP) is 4.62. The Balaban J connectivity index is 1.76. The number of hydrogen-bond donors (Lipinski definition) is 1. The van der Waals surface area contributed by atoms with Gasteiger partial charge in [0.25, 0.3) is 5.56 Å². The lowest BCUT2D eigenvalue weighted by atomic mass is 10.1. The van der Waals surface area contributed by atoms with Gasteiger partial charge in [-0.1, -0.05) is 29.4 Å². The van der Waals surface area contributed by atoms with Crippen LogP contribution in [0.4, 0.5) is 5.69 Å². The fraction of sp³-hybridized carbons (Fsp3) is 0.190. The van der Waals surface area contributed by atoms with E-state index in [4.69, 9.17) is 11.6 Å². The third kappa shape index (κ3) is 4.82. The molecular weight excluding hydrogens is 394 g/mol. The van der Waals surface area contributed by atoms with Gasteiger partial charge < -0.3 is 5.32 Å². The van der Waals surface area contributed by atoms with Gasteiger partial charge in [0.2, 0.25) is 5.91 Å². The third-order valence-corrected chi connectivity index (χ3v) is 5.57. The van der Waals surface area contributed by atoms with E-state index < -0.39 is 5.25 Å². The first-order valence-corrected chi connectivity index (χ1v) is 10.0. The number of anilines is 1. The van der Waals surface area contributed by atoms with E-state index in [0.717, 1.165) is 11.1 Å². The van der Waals surface area contributed by atoms with E-state index in [2.05, 4.69) is 10.4 Å². The number of amides is 1. The Morgan fingerprint density at radius 2 is 1.79 bits per heavy atom. The molecule has 0 aliphatic rings. The molecule has 144 valence electrons. The molecule has 1 aromatic heterocycles. The number of thioether (sulfide) groups is 1. The van der Waals surface area contributed by atoms with Crippen molar-refractivity contribution in [3.05, 3.63) is 81.1 Å². The molecule has 0 bridgehead atoms. The van der Waals surface area contributed by atoms with Crippen molar-refractivity contribution >= 4 is 35.0 Å². The van der Waals surface area contributed by atoms with Crippen LogP contribution in [0, 0.1) is 13.8 Å². The highest BCUT2D eigenvalue weighted by atomic mass is 35.5. The summed E-state index contributed by atoms with van der Waals surface area (Å²) < 4.78 is 1.36. The number of aromatic nitrogens is 2. The Hall–Kier alpha value is -2.57. The summed E-state index contributed by atoms with van der Waals surface area (Å²) in [4.78, 5) is 24.7. The molecule has 5 nitrogen and oxygen atoms in total. The van der Waals surface area contributed by atoms with Crippen molar-refractivity contribution in [2.24, 2.45) is 0 Å². The molecule has 3 aromatic rings. The molecule has 0 aliphatic carbocycles. The maximum atomic E-state index is 12.4. The van der Waals surface area contributed by atoms with Gasteiger partial charge in [-0.05, 0) is 74.4 Å². The molecule has 0 fully saturated rings. The van der Waals surface area contributed by atoms with Crippen LogP contribution in [0.5, 0.6) is 0 Å². The average Bonchev–Trinajstić information content (AvgIpc) is 2.67. The zero-order valence-corrected chi connectivity index (χ0v) is 17.3. The molecule has 28 heavy (non-hydrogen) atoms. The second-order valence-electron chi connectivity index (χ2n) is 6.45. The van der Waals surface area contributed by atoms with Crippen LogP contribution in [0.1, 0.15) is 18.1 Å². The molecule has 0 unspecified atom stereocenters. The first kappa shape index (κ1) is 20.2. The topological polar surface area (TPSA) is 64.0 Å². The summed E-state index contributed by atoms with van der Waals surface area (Å²) in [5.74, 6) is -0.155. The maximum Gasteiger partial charge on any atom is 0.271 e. The molecule has 1 heterocycles. The van der Waals surface area contributed by atoms with Crippen LogP contribution in [0.3, 0.4) is 0 Å². The fourth-order valence-electron chi connectivity index (χ4n) is 2.51. The molecule has 0 saturated heterocycles. The Morgan fingerprint density at radius 1 is 1.07 bits per heavy atom. The van der Waals surface area contributed by atoms with Crippen molar-refractivity contribution in [2.45, 2.75) is 31.0 Å². The zero-order valence-electron chi connectivity index (χ0n) is 15.8. The van der Waals surface area contributed by atoms with Crippen LogP contribution in [0.2, 0.25) is 5.02 Å². The molecule has 1 atom stereocenters. The smallest absolute Gasteiger partial charge is 0.271 e. The number of benzene rings is 2. The number of carbonyl (C=O) groups excluding carboxylic acids is 1. The van der Waals surface area contributed by atoms with Gasteiger partial charge >= 0.3 is 0 Å². The van der Waals surface area contributed by atoms with Crippen molar-refractivity contribution in [1.29, 1.82) is 0 Å². The zero-order chi connectivity index (χ0) is 20.3. The molecule has 2 aromatic carbocycles. The number of hydrogen-bond acceptors (Lipinski definition) is 4. The Bertz CT molecular complexity index is 1060. The molecule has 0 saturated carbocycles. The summed E-state index contributed by atoms with van der Waals surface area (Å²) in [6, 6.07) is 15.8. The largest absolute Gasteiger partial charge is 0.325 e. The summed E-state index contributed by atoms with van der Waals surface area (Å²) in [5.41, 5.74) is 3.39. The number of carbonyl (C=O) groups is 1. The number of aryl methyl sites for hydroxylation is 2. The minimum Gasteiger partial charge on any atom is -0.325 e. The van der Waals surface area contributed by atoms with E-state index in [9.17, 15) is 9.59 Å². The highest BCUT2D eigenvalue weighted by molar-refractivity contribution is 8.00. The van der Waals surface area contributed by atoms with Crippen molar-refractivity contribution < 1.29 is 4.79 Å². The highest BCUT2D eigenvalue weighted by Gasteiger charge is 2.16. The molecule has 0 aliphatic heterocycles. The lowest BCUT2D eigenvalue weighted by molar-refractivity contribution is -0.115. The van der Waals surface area contributed by atoms with Crippen LogP contribution in [0.15, 0.2) is 64.4 Å². The first-order valence-electron chi connectivity index (χ1n) is 8.74. The van der Waals surface area contributed by atoms with Crippen LogP contribution in [0.25, 0.3) is 5.69 Å². The van der Waals surface area contributed by atoms with E-state index >= 15 is 0 Å². The maximum absolute atomic E-state index is 12.4. The standard InChI is InChI=1S/C21H20ClN3O2S/c1-13-4-9-18(12-14(13)2)25-20(26)11-10-19(24-25)28-15(3)21(27)23-17-7-5-16(22)6-8-17/h4-12,15H,1-3H3,(H,23,27)/t15-/m0/s1. The molecule has 0 spiro atoms. The predicted molar refractivity (Wildman–Crippen MR) is 115 cm³/mol. The molecule has 1 amide bonds. The lowest BCUT2D eigenvalue weighted by Gasteiger charge is -2.13. The molecule has 1 N–H and O–H groups in total. The summed E-state index contributed by atoms with van der Waals surface area (Å²) in [6.45, 7) is 5.80. The molecule has 3 rings (SSSR count). The molecular formula is C21H20ClN3O2S. The number of halogens is 1. The number of rotatable bonds is 5. The monoisotopic (exact) mass is 413 g/mol. The number of nitrogens with zero attached hydrogens (tertiary/aromatic N) is 2. The summed E-state index contributed by atoms with van der Waals surface area (Å²) in [6.07, 6.45) is 0. The highest BCUT2D eigenvalue weighted by Crippen LogP contribution is 2.23. The van der Waals surface area contributed by atoms with Gasteiger partial charge in [-0.3, -0.25) is 9.59 Å².